The lowest BCUT2D eigenvalue weighted by molar-refractivity contribution is 0.0694. The molecule has 1 aliphatic rings. The number of benzene rings is 1. The van der Waals surface area contributed by atoms with Gasteiger partial charge in [-0.3, -0.25) is 0 Å². The van der Waals surface area contributed by atoms with Gasteiger partial charge in [-0.15, -0.1) is 0 Å². The molecule has 1 atom stereocenters. The third-order valence-corrected chi connectivity index (χ3v) is 4.23. The zero-order valence-electron chi connectivity index (χ0n) is 12.6. The molecule has 0 fully saturated rings. The smallest absolute Gasteiger partial charge is 0.335 e. The first-order chi connectivity index (χ1) is 9.67. The van der Waals surface area contributed by atoms with Crippen molar-refractivity contribution in [2.24, 2.45) is 0 Å². The van der Waals surface area contributed by atoms with Gasteiger partial charge >= 0.3 is 5.97 Å². The lowest BCUT2D eigenvalue weighted by atomic mass is 9.84. The van der Waals surface area contributed by atoms with Crippen LogP contribution in [0.4, 0.5) is 0 Å². The molecule has 1 aromatic carbocycles. The van der Waals surface area contributed by atoms with Crippen molar-refractivity contribution < 1.29 is 9.90 Å². The highest BCUT2D eigenvalue weighted by Crippen LogP contribution is 2.27. The summed E-state index contributed by atoms with van der Waals surface area (Å²) in [5, 5.41) is 9.36. The van der Waals surface area contributed by atoms with Crippen LogP contribution in [0.1, 0.15) is 54.6 Å². The first kappa shape index (κ1) is 15.0. The zero-order chi connectivity index (χ0) is 14.5. The van der Waals surface area contributed by atoms with Crippen LogP contribution in [0.2, 0.25) is 0 Å². The van der Waals surface area contributed by atoms with E-state index in [2.05, 4.69) is 24.8 Å². The van der Waals surface area contributed by atoms with E-state index in [1.54, 1.807) is 6.07 Å². The Morgan fingerprint density at radius 1 is 1.30 bits per heavy atom. The Kier molecular flexibility index (Phi) is 5.18. The molecular weight excluding hydrogens is 250 g/mol. The van der Waals surface area contributed by atoms with Crippen LogP contribution in [0.15, 0.2) is 18.2 Å². The maximum absolute atomic E-state index is 11.4. The monoisotopic (exact) mass is 275 g/mol. The molecule has 3 heteroatoms. The topological polar surface area (TPSA) is 40.5 Å². The van der Waals surface area contributed by atoms with Gasteiger partial charge in [-0.05, 0) is 62.4 Å². The Labute approximate surface area is 121 Å². The minimum atomic E-state index is -0.792. The average molecular weight is 275 g/mol. The summed E-state index contributed by atoms with van der Waals surface area (Å²) in [5.74, 6) is -0.792. The number of carboxylic acids is 1. The fraction of sp³-hybridized carbons (Fsp3) is 0.588. The fourth-order valence-corrected chi connectivity index (χ4v) is 3.33. The Balaban J connectivity index is 2.22. The van der Waals surface area contributed by atoms with Crippen molar-refractivity contribution in [3.8, 4) is 0 Å². The van der Waals surface area contributed by atoms with Gasteiger partial charge in [-0.25, -0.2) is 4.79 Å². The van der Waals surface area contributed by atoms with Crippen LogP contribution in [0.5, 0.6) is 0 Å². The van der Waals surface area contributed by atoms with Crippen LogP contribution in [-0.2, 0) is 12.8 Å². The summed E-state index contributed by atoms with van der Waals surface area (Å²) < 4.78 is 0. The van der Waals surface area contributed by atoms with E-state index < -0.39 is 5.97 Å². The average Bonchev–Trinajstić information content (AvgIpc) is 2.45. The Morgan fingerprint density at radius 3 is 2.60 bits per heavy atom. The van der Waals surface area contributed by atoms with E-state index in [4.69, 9.17) is 0 Å². The van der Waals surface area contributed by atoms with Gasteiger partial charge in [0, 0.05) is 6.04 Å². The number of carbonyl (C=O) groups is 1. The minimum absolute atomic E-state index is 0.500. The quantitative estimate of drug-likeness (QED) is 0.865. The zero-order valence-corrected chi connectivity index (χ0v) is 12.6. The van der Waals surface area contributed by atoms with Crippen molar-refractivity contribution >= 4 is 5.97 Å². The summed E-state index contributed by atoms with van der Waals surface area (Å²) in [4.78, 5) is 13.9. The van der Waals surface area contributed by atoms with Gasteiger partial charge in [0.25, 0.3) is 0 Å². The molecule has 0 spiro atoms. The van der Waals surface area contributed by atoms with E-state index >= 15 is 0 Å². The van der Waals surface area contributed by atoms with Gasteiger partial charge in [-0.1, -0.05) is 26.0 Å². The molecule has 2 rings (SSSR count). The van der Waals surface area contributed by atoms with Crippen molar-refractivity contribution in [2.75, 3.05) is 13.1 Å². The normalized spacial score (nSPS) is 18.1. The summed E-state index contributed by atoms with van der Waals surface area (Å²) in [6, 6.07) is 6.21. The van der Waals surface area contributed by atoms with Gasteiger partial charge in [0.05, 0.1) is 5.56 Å². The Hall–Kier alpha value is -1.35. The maximum atomic E-state index is 11.4. The molecule has 0 saturated heterocycles. The predicted molar refractivity (Wildman–Crippen MR) is 81.4 cm³/mol. The number of aryl methyl sites for hydroxylation is 1. The third-order valence-electron chi connectivity index (χ3n) is 4.23. The molecule has 0 aromatic heterocycles. The van der Waals surface area contributed by atoms with Crippen molar-refractivity contribution in [1.82, 2.24) is 4.90 Å². The largest absolute Gasteiger partial charge is 0.478 e. The van der Waals surface area contributed by atoms with Crippen LogP contribution >= 0.6 is 0 Å². The van der Waals surface area contributed by atoms with Crippen molar-refractivity contribution in [1.29, 1.82) is 0 Å². The molecule has 1 N–H and O–H groups in total. The van der Waals surface area contributed by atoms with Gasteiger partial charge < -0.3 is 10.0 Å². The third kappa shape index (κ3) is 3.21. The number of rotatable bonds is 6. The Bertz CT molecular complexity index is 464. The molecule has 0 unspecified atom stereocenters. The minimum Gasteiger partial charge on any atom is -0.478 e. The van der Waals surface area contributed by atoms with Crippen molar-refractivity contribution in [3.63, 3.8) is 0 Å². The summed E-state index contributed by atoms with van der Waals surface area (Å²) in [6.07, 6.45) is 5.35. The van der Waals surface area contributed by atoms with Gasteiger partial charge in [0.1, 0.15) is 0 Å². The highest BCUT2D eigenvalue weighted by Gasteiger charge is 2.26. The standard InChI is InChI=1S/C17H25NO2/c1-3-10-18(11-4-2)14-9-8-13-6-5-7-15(17(19)20)16(13)12-14/h5-7,14H,3-4,8-12H2,1-2H3,(H,19,20)/t14-/m0/s1. The second kappa shape index (κ2) is 6.89. The second-order valence-electron chi connectivity index (χ2n) is 5.68. The first-order valence-corrected chi connectivity index (χ1v) is 7.75. The van der Waals surface area contributed by atoms with Gasteiger partial charge in [0.2, 0.25) is 0 Å². The van der Waals surface area contributed by atoms with Crippen LogP contribution in [-0.4, -0.2) is 35.1 Å². The van der Waals surface area contributed by atoms with Crippen LogP contribution < -0.4 is 0 Å². The molecule has 0 amide bonds. The fourth-order valence-electron chi connectivity index (χ4n) is 3.33. The molecule has 0 bridgehead atoms. The number of nitrogens with zero attached hydrogens (tertiary/aromatic N) is 1. The van der Waals surface area contributed by atoms with E-state index in [1.165, 1.54) is 5.56 Å². The second-order valence-corrected chi connectivity index (χ2v) is 5.68. The van der Waals surface area contributed by atoms with E-state index in [-0.39, 0.29) is 0 Å². The summed E-state index contributed by atoms with van der Waals surface area (Å²) in [5.41, 5.74) is 2.79. The molecule has 0 aliphatic heterocycles. The Morgan fingerprint density at radius 2 is 2.00 bits per heavy atom. The van der Waals surface area contributed by atoms with Crippen LogP contribution in [0.3, 0.4) is 0 Å². The van der Waals surface area contributed by atoms with Crippen molar-refractivity contribution in [2.45, 2.75) is 52.0 Å². The molecule has 0 heterocycles. The van der Waals surface area contributed by atoms with E-state index in [0.717, 1.165) is 50.8 Å². The van der Waals surface area contributed by atoms with E-state index in [0.29, 0.717) is 11.6 Å². The molecular formula is C17H25NO2. The number of aromatic carboxylic acids is 1. The number of hydrogen-bond acceptors (Lipinski definition) is 2. The lowest BCUT2D eigenvalue weighted by Gasteiger charge is -2.35. The molecule has 0 radical (unpaired) electrons. The highest BCUT2D eigenvalue weighted by atomic mass is 16.4. The molecule has 1 aliphatic carbocycles. The predicted octanol–water partition coefficient (Wildman–Crippen LogP) is 3.36. The summed E-state index contributed by atoms with van der Waals surface area (Å²) in [6.45, 7) is 6.65. The highest BCUT2D eigenvalue weighted by molar-refractivity contribution is 5.89. The molecule has 20 heavy (non-hydrogen) atoms. The molecule has 1 aromatic rings. The van der Waals surface area contributed by atoms with Crippen molar-refractivity contribution in [3.05, 3.63) is 34.9 Å². The van der Waals surface area contributed by atoms with Gasteiger partial charge in [0.15, 0.2) is 0 Å². The summed E-state index contributed by atoms with van der Waals surface area (Å²) in [7, 11) is 0. The maximum Gasteiger partial charge on any atom is 0.335 e. The SMILES string of the molecule is CCCN(CCC)[C@H]1CCc2cccc(C(=O)O)c2C1. The molecule has 3 nitrogen and oxygen atoms in total. The molecule has 110 valence electrons. The van der Waals surface area contributed by atoms with Crippen LogP contribution in [0.25, 0.3) is 0 Å². The lowest BCUT2D eigenvalue weighted by Crippen LogP contribution is -2.40. The van der Waals surface area contributed by atoms with Crippen LogP contribution in [0, 0.1) is 0 Å². The van der Waals surface area contributed by atoms with E-state index in [1.807, 2.05) is 6.07 Å². The number of hydrogen-bond donors (Lipinski definition) is 1. The van der Waals surface area contributed by atoms with Gasteiger partial charge in [-0.2, -0.15) is 0 Å². The summed E-state index contributed by atoms with van der Waals surface area (Å²) >= 11 is 0. The van der Waals surface area contributed by atoms with E-state index in [9.17, 15) is 9.90 Å². The molecule has 0 saturated carbocycles. The first-order valence-electron chi connectivity index (χ1n) is 7.75. The number of carboxylic acid groups (broad SMARTS) is 1. The number of fused-ring (bicyclic) bond motifs is 1.